The van der Waals surface area contributed by atoms with Gasteiger partial charge in [-0.05, 0) is 113 Å². The van der Waals surface area contributed by atoms with E-state index in [9.17, 15) is 76.3 Å². The van der Waals surface area contributed by atoms with E-state index in [1.165, 1.54) is 31.4 Å². The van der Waals surface area contributed by atoms with E-state index in [2.05, 4.69) is 17.9 Å². The summed E-state index contributed by atoms with van der Waals surface area (Å²) in [5, 5.41) is 0. The second kappa shape index (κ2) is 28.0. The summed E-state index contributed by atoms with van der Waals surface area (Å²) < 4.78 is 200. The van der Waals surface area contributed by atoms with Crippen molar-refractivity contribution in [1.82, 2.24) is 0 Å². The van der Waals surface area contributed by atoms with Gasteiger partial charge in [0.2, 0.25) is 0 Å². The van der Waals surface area contributed by atoms with Gasteiger partial charge in [-0.3, -0.25) is 4.79 Å². The van der Waals surface area contributed by atoms with Crippen molar-refractivity contribution in [1.29, 1.82) is 0 Å². The van der Waals surface area contributed by atoms with Gasteiger partial charge >= 0.3 is 53.7 Å². The molecule has 0 saturated carbocycles. The van der Waals surface area contributed by atoms with Crippen LogP contribution in [0.3, 0.4) is 0 Å². The van der Waals surface area contributed by atoms with E-state index >= 15 is 0 Å². The molecule has 0 fully saturated rings. The van der Waals surface area contributed by atoms with Crippen molar-refractivity contribution in [3.8, 4) is 11.5 Å². The number of rotatable bonds is 28. The van der Waals surface area contributed by atoms with Gasteiger partial charge in [-0.2, -0.15) is 57.1 Å². The van der Waals surface area contributed by atoms with Crippen LogP contribution in [0.25, 0.3) is 12.2 Å². The zero-order chi connectivity index (χ0) is 55.3. The van der Waals surface area contributed by atoms with E-state index in [0.717, 1.165) is 55.9 Å². The molecule has 3 rings (SSSR count). The summed E-state index contributed by atoms with van der Waals surface area (Å²) in [4.78, 5) is 45.9. The minimum absolute atomic E-state index is 0.0737. The van der Waals surface area contributed by atoms with Gasteiger partial charge in [0, 0.05) is 28.3 Å². The summed E-state index contributed by atoms with van der Waals surface area (Å²) in [5.41, 5.74) is -0.599. The van der Waals surface area contributed by atoms with Gasteiger partial charge < -0.3 is 23.7 Å². The number of halogens is 13. The summed E-state index contributed by atoms with van der Waals surface area (Å²) >= 11 is 0. The number of hydrogen-bond donors (Lipinski definition) is 0. The average Bonchev–Trinajstić information content (AvgIpc) is 3.34. The molecular formula is C51H53F13O9. The highest BCUT2D eigenvalue weighted by molar-refractivity contribution is 6.06. The maximum atomic E-state index is 14.4. The Labute approximate surface area is 412 Å². The van der Waals surface area contributed by atoms with Crippen molar-refractivity contribution in [2.45, 2.75) is 101 Å². The van der Waals surface area contributed by atoms with Gasteiger partial charge in [-0.15, -0.1) is 0 Å². The monoisotopic (exact) mass is 1060 g/mol. The maximum absolute atomic E-state index is 14.4. The molecule has 22 heteroatoms. The van der Waals surface area contributed by atoms with Crippen LogP contribution in [-0.4, -0.2) is 87.1 Å². The molecule has 0 saturated heterocycles. The molecule has 402 valence electrons. The van der Waals surface area contributed by atoms with Crippen LogP contribution >= 0.6 is 0 Å². The number of hydrogen-bond acceptors (Lipinski definition) is 9. The zero-order valence-corrected chi connectivity index (χ0v) is 39.7. The lowest BCUT2D eigenvalue weighted by Crippen LogP contribution is -2.69. The van der Waals surface area contributed by atoms with Gasteiger partial charge in [0.05, 0.1) is 33.5 Å². The topological polar surface area (TPSA) is 114 Å². The van der Waals surface area contributed by atoms with Crippen LogP contribution < -0.4 is 9.47 Å². The van der Waals surface area contributed by atoms with E-state index < -0.39 is 58.7 Å². The number of unbranched alkanes of at least 4 members (excludes halogenated alkanes) is 6. The molecule has 73 heavy (non-hydrogen) atoms. The van der Waals surface area contributed by atoms with Crippen LogP contribution in [0.4, 0.5) is 57.1 Å². The summed E-state index contributed by atoms with van der Waals surface area (Å²) in [6.45, 7) is 11.9. The van der Waals surface area contributed by atoms with Crippen LogP contribution in [0, 0.1) is 0 Å². The van der Waals surface area contributed by atoms with Gasteiger partial charge in [0.25, 0.3) is 0 Å². The lowest BCUT2D eigenvalue weighted by atomic mass is 9.90. The molecule has 0 N–H and O–H groups in total. The third-order valence-electron chi connectivity index (χ3n) is 10.0. The van der Waals surface area contributed by atoms with E-state index in [0.29, 0.717) is 67.3 Å². The van der Waals surface area contributed by atoms with Gasteiger partial charge in [0.15, 0.2) is 5.78 Å². The number of methoxy groups -OCH3 is 1. The van der Waals surface area contributed by atoms with Crippen LogP contribution in [0.15, 0.2) is 109 Å². The van der Waals surface area contributed by atoms with Crippen molar-refractivity contribution in [3.63, 3.8) is 0 Å². The SMILES string of the molecule is C=C(C)C(=O)OCCCCCCOc1ccc(/C=C/C(=O)OC)cc1.C=C(C)C(=O)OCCCCCCOc1ccc(/C=C/C(=O)c2ccc(C(F)(F)C(F)(F)C(F)(F)C(F)(F)C(F)(F)C(F)(F)F)cc2)cc1. The number of allylic oxidation sites excluding steroid dienone is 1. The van der Waals surface area contributed by atoms with Crippen molar-refractivity contribution >= 4 is 35.8 Å². The largest absolute Gasteiger partial charge is 0.494 e. The third kappa shape index (κ3) is 18.1. The Balaban J connectivity index is 0.000000612. The molecule has 9 nitrogen and oxygen atoms in total. The normalized spacial score (nSPS) is 12.4. The smallest absolute Gasteiger partial charge is 0.460 e. The predicted octanol–water partition coefficient (Wildman–Crippen LogP) is 13.8. The maximum Gasteiger partial charge on any atom is 0.460 e. The Kier molecular flexibility index (Phi) is 24.0. The molecule has 0 bridgehead atoms. The second-order valence-electron chi connectivity index (χ2n) is 16.0. The summed E-state index contributed by atoms with van der Waals surface area (Å²) in [7, 11) is 1.35. The van der Waals surface area contributed by atoms with Gasteiger partial charge in [-0.25, -0.2) is 14.4 Å². The number of ether oxygens (including phenoxy) is 5. The molecule has 3 aromatic carbocycles. The number of benzene rings is 3. The van der Waals surface area contributed by atoms with Crippen molar-refractivity contribution in [3.05, 3.63) is 132 Å². The standard InChI is InChI=1S/C31H27F13O4.C20H26O5/c1-19(2)25(46)48-18-6-4-3-5-17-47-23-14-7-20(8-15-23)9-16-24(45)21-10-12-22(13-11-21)26(32,33)27(34,35)28(36,37)29(38,39)30(40,41)31(42,43)44;1-16(2)20(22)25-15-7-5-4-6-14-24-18-11-8-17(9-12-18)10-13-19(21)23-3/h7-16H,1,3-6,17-18H2,2H3;8-13H,1,4-7,14-15H2,2-3H3/b16-9+;13-10+. The Hall–Kier alpha value is -6.61. The van der Waals surface area contributed by atoms with Crippen LogP contribution in [0.1, 0.15) is 92.3 Å². The second-order valence-corrected chi connectivity index (χ2v) is 16.0. The van der Waals surface area contributed by atoms with Crippen LogP contribution in [0.2, 0.25) is 0 Å². The summed E-state index contributed by atoms with van der Waals surface area (Å²) in [6.07, 6.45) is 4.49. The lowest BCUT2D eigenvalue weighted by Gasteiger charge is -2.39. The van der Waals surface area contributed by atoms with Gasteiger partial charge in [-0.1, -0.05) is 67.8 Å². The Bertz CT molecular complexity index is 2340. The summed E-state index contributed by atoms with van der Waals surface area (Å²) in [5.74, 6) is -38.4. The first-order chi connectivity index (χ1) is 33.9. The molecule has 0 aromatic heterocycles. The van der Waals surface area contributed by atoms with E-state index in [4.69, 9.17) is 18.9 Å². The van der Waals surface area contributed by atoms with E-state index in [1.807, 2.05) is 24.3 Å². The third-order valence-corrected chi connectivity index (χ3v) is 10.0. The molecule has 0 atom stereocenters. The molecule has 0 aliphatic heterocycles. The van der Waals surface area contributed by atoms with E-state index in [-0.39, 0.29) is 30.7 Å². The highest BCUT2D eigenvalue weighted by atomic mass is 19.4. The number of carbonyl (C=O) groups excluding carboxylic acids is 4. The molecule has 0 aliphatic carbocycles. The zero-order valence-electron chi connectivity index (χ0n) is 39.7. The highest BCUT2D eigenvalue weighted by Crippen LogP contribution is 2.62. The first-order valence-corrected chi connectivity index (χ1v) is 22.1. The lowest BCUT2D eigenvalue weighted by molar-refractivity contribution is -0.441. The average molecular weight is 1060 g/mol. The number of carbonyl (C=O) groups is 4. The highest BCUT2D eigenvalue weighted by Gasteiger charge is 2.90. The molecule has 0 unspecified atom stereocenters. The summed E-state index contributed by atoms with van der Waals surface area (Å²) in [6, 6.07) is 14.3. The van der Waals surface area contributed by atoms with Crippen molar-refractivity contribution in [2.75, 3.05) is 33.5 Å². The fraction of sp³-hybridized carbons (Fsp3) is 0.412. The molecule has 3 aromatic rings. The Morgan fingerprint density at radius 3 is 1.22 bits per heavy atom. The van der Waals surface area contributed by atoms with E-state index in [1.54, 1.807) is 32.1 Å². The minimum Gasteiger partial charge on any atom is -0.494 e. The predicted molar refractivity (Wildman–Crippen MR) is 243 cm³/mol. The molecule has 0 aliphatic rings. The number of esters is 3. The Morgan fingerprint density at radius 2 is 0.849 bits per heavy atom. The molecule has 0 heterocycles. The first-order valence-electron chi connectivity index (χ1n) is 22.1. The molecule has 0 spiro atoms. The van der Waals surface area contributed by atoms with Crippen molar-refractivity contribution < 1.29 is 99.9 Å². The minimum atomic E-state index is -8.00. The van der Waals surface area contributed by atoms with Gasteiger partial charge in [0.1, 0.15) is 11.5 Å². The molecule has 0 amide bonds. The number of ketones is 1. The van der Waals surface area contributed by atoms with Crippen molar-refractivity contribution in [2.24, 2.45) is 0 Å². The Morgan fingerprint density at radius 1 is 0.479 bits per heavy atom. The first kappa shape index (κ1) is 62.5. The number of alkyl halides is 13. The molecule has 0 radical (unpaired) electrons. The van der Waals surface area contributed by atoms with Crippen LogP contribution in [0.5, 0.6) is 11.5 Å². The quantitative estimate of drug-likeness (QED) is 0.0175. The fourth-order valence-corrected chi connectivity index (χ4v) is 5.72. The molecular weight excluding hydrogens is 1000 g/mol. The van der Waals surface area contributed by atoms with Crippen LogP contribution in [-0.2, 0) is 34.5 Å². The fourth-order valence-electron chi connectivity index (χ4n) is 5.72.